The minimum absolute atomic E-state index is 0.0405. The molecule has 0 aliphatic heterocycles. The van der Waals surface area contributed by atoms with E-state index in [0.717, 1.165) is 5.65 Å². The zero-order valence-electron chi connectivity index (χ0n) is 11.1. The second-order valence-corrected chi connectivity index (χ2v) is 4.52. The van der Waals surface area contributed by atoms with Gasteiger partial charge in [0.05, 0.1) is 11.4 Å². The largest absolute Gasteiger partial charge is 0.484 e. The number of nitrogen functional groups attached to an aromatic ring is 1. The summed E-state index contributed by atoms with van der Waals surface area (Å²) in [5.41, 5.74) is 7.61. The molecule has 0 unspecified atom stereocenters. The Balaban J connectivity index is 1.86. The Morgan fingerprint density at radius 3 is 2.90 bits per heavy atom. The number of hydrogen-bond acceptors (Lipinski definition) is 4. The number of nitrogens with two attached hydrogens (primary N) is 1. The monoisotopic (exact) mass is 283 g/mol. The number of anilines is 1. The lowest BCUT2D eigenvalue weighted by atomic mass is 10.2. The van der Waals surface area contributed by atoms with Crippen molar-refractivity contribution in [3.05, 3.63) is 60.0 Å². The summed E-state index contributed by atoms with van der Waals surface area (Å²) in [6.45, 7) is 0.149. The fraction of sp³-hybridized carbons (Fsp3) is 0.0667. The van der Waals surface area contributed by atoms with Crippen molar-refractivity contribution in [2.45, 2.75) is 6.61 Å². The molecule has 3 aromatic rings. The SMILES string of the molecule is Nc1cccc(C(=O)O)c1OCc1cn2ccccc2n1. The van der Waals surface area contributed by atoms with Crippen molar-refractivity contribution < 1.29 is 14.6 Å². The van der Waals surface area contributed by atoms with E-state index in [9.17, 15) is 4.79 Å². The molecule has 0 spiro atoms. The number of para-hydroxylation sites is 1. The number of ether oxygens (including phenoxy) is 1. The molecule has 0 fully saturated rings. The van der Waals surface area contributed by atoms with Gasteiger partial charge in [0, 0.05) is 12.4 Å². The molecule has 106 valence electrons. The van der Waals surface area contributed by atoms with Gasteiger partial charge in [-0.2, -0.15) is 0 Å². The number of fused-ring (bicyclic) bond motifs is 1. The van der Waals surface area contributed by atoms with E-state index in [-0.39, 0.29) is 17.9 Å². The number of nitrogens with zero attached hydrogens (tertiary/aromatic N) is 2. The Hall–Kier alpha value is -3.02. The number of carboxylic acid groups (broad SMARTS) is 1. The molecule has 0 aliphatic carbocycles. The summed E-state index contributed by atoms with van der Waals surface area (Å²) in [6.07, 6.45) is 3.71. The third-order valence-electron chi connectivity index (χ3n) is 3.05. The van der Waals surface area contributed by atoms with Gasteiger partial charge in [-0.15, -0.1) is 0 Å². The van der Waals surface area contributed by atoms with Crippen molar-refractivity contribution in [2.75, 3.05) is 5.73 Å². The summed E-state index contributed by atoms with van der Waals surface area (Å²) in [6, 6.07) is 10.3. The second kappa shape index (κ2) is 5.16. The van der Waals surface area contributed by atoms with E-state index in [0.29, 0.717) is 11.4 Å². The Bertz CT molecular complexity index is 778. The quantitative estimate of drug-likeness (QED) is 0.716. The van der Waals surface area contributed by atoms with Crippen molar-refractivity contribution in [1.29, 1.82) is 0 Å². The molecular weight excluding hydrogens is 270 g/mol. The lowest BCUT2D eigenvalue weighted by Gasteiger charge is -2.10. The summed E-state index contributed by atoms with van der Waals surface area (Å²) in [5.74, 6) is -0.908. The topological polar surface area (TPSA) is 89.9 Å². The third-order valence-corrected chi connectivity index (χ3v) is 3.05. The molecule has 3 rings (SSSR count). The van der Waals surface area contributed by atoms with Crippen LogP contribution in [0, 0.1) is 0 Å². The Labute approximate surface area is 120 Å². The normalized spacial score (nSPS) is 10.7. The molecule has 0 saturated carbocycles. The number of aromatic nitrogens is 2. The van der Waals surface area contributed by atoms with Gasteiger partial charge in [0.2, 0.25) is 0 Å². The summed E-state index contributed by atoms with van der Waals surface area (Å²) >= 11 is 0. The van der Waals surface area contributed by atoms with Crippen LogP contribution in [0.2, 0.25) is 0 Å². The van der Waals surface area contributed by atoms with E-state index in [4.69, 9.17) is 15.6 Å². The van der Waals surface area contributed by atoms with Gasteiger partial charge >= 0.3 is 5.97 Å². The number of carboxylic acids is 1. The lowest BCUT2D eigenvalue weighted by molar-refractivity contribution is 0.0692. The predicted octanol–water partition coefficient (Wildman–Crippen LogP) is 2.19. The minimum atomic E-state index is -1.08. The van der Waals surface area contributed by atoms with Crippen molar-refractivity contribution >= 4 is 17.3 Å². The first-order chi connectivity index (χ1) is 10.1. The molecular formula is C15H13N3O3. The summed E-state index contributed by atoms with van der Waals surface area (Å²) in [7, 11) is 0. The first kappa shape index (κ1) is 13.0. The summed E-state index contributed by atoms with van der Waals surface area (Å²) < 4.78 is 7.43. The number of imidazole rings is 1. The Morgan fingerprint density at radius 1 is 1.29 bits per heavy atom. The number of hydrogen-bond donors (Lipinski definition) is 2. The summed E-state index contributed by atoms with van der Waals surface area (Å²) in [5, 5.41) is 9.15. The number of aromatic carboxylic acids is 1. The van der Waals surface area contributed by atoms with Crippen LogP contribution < -0.4 is 10.5 Å². The molecule has 2 aromatic heterocycles. The van der Waals surface area contributed by atoms with Crippen LogP contribution in [-0.4, -0.2) is 20.5 Å². The average Bonchev–Trinajstić information content (AvgIpc) is 2.88. The van der Waals surface area contributed by atoms with E-state index < -0.39 is 5.97 Å². The van der Waals surface area contributed by atoms with E-state index in [1.54, 1.807) is 12.1 Å². The molecule has 0 amide bonds. The lowest BCUT2D eigenvalue weighted by Crippen LogP contribution is -2.06. The van der Waals surface area contributed by atoms with Crippen LogP contribution in [0.1, 0.15) is 16.1 Å². The molecule has 6 nitrogen and oxygen atoms in total. The third kappa shape index (κ3) is 2.51. The van der Waals surface area contributed by atoms with Crippen LogP contribution in [0.15, 0.2) is 48.8 Å². The predicted molar refractivity (Wildman–Crippen MR) is 77.3 cm³/mol. The fourth-order valence-corrected chi connectivity index (χ4v) is 2.09. The van der Waals surface area contributed by atoms with Gasteiger partial charge in [0.15, 0.2) is 5.75 Å². The van der Waals surface area contributed by atoms with E-state index in [1.165, 1.54) is 6.07 Å². The maximum absolute atomic E-state index is 11.2. The van der Waals surface area contributed by atoms with E-state index in [1.807, 2.05) is 35.0 Å². The van der Waals surface area contributed by atoms with Crippen LogP contribution in [0.4, 0.5) is 5.69 Å². The maximum atomic E-state index is 11.2. The van der Waals surface area contributed by atoms with Gasteiger partial charge in [-0.1, -0.05) is 12.1 Å². The summed E-state index contributed by atoms with van der Waals surface area (Å²) in [4.78, 5) is 15.6. The van der Waals surface area contributed by atoms with Gasteiger partial charge in [-0.25, -0.2) is 9.78 Å². The van der Waals surface area contributed by atoms with Crippen molar-refractivity contribution in [3.8, 4) is 5.75 Å². The van der Waals surface area contributed by atoms with Crippen LogP contribution >= 0.6 is 0 Å². The molecule has 2 heterocycles. The van der Waals surface area contributed by atoms with Gasteiger partial charge in [-0.05, 0) is 24.3 Å². The molecule has 6 heteroatoms. The first-order valence-corrected chi connectivity index (χ1v) is 6.32. The Morgan fingerprint density at radius 2 is 2.14 bits per heavy atom. The highest BCUT2D eigenvalue weighted by molar-refractivity contribution is 5.93. The van der Waals surface area contributed by atoms with Gasteiger partial charge in [0.1, 0.15) is 17.8 Å². The number of benzene rings is 1. The molecule has 0 radical (unpaired) electrons. The van der Waals surface area contributed by atoms with Crippen LogP contribution in [0.5, 0.6) is 5.75 Å². The van der Waals surface area contributed by atoms with Gasteiger partial charge in [0.25, 0.3) is 0 Å². The maximum Gasteiger partial charge on any atom is 0.339 e. The highest BCUT2D eigenvalue weighted by Gasteiger charge is 2.14. The fourth-order valence-electron chi connectivity index (χ4n) is 2.09. The van der Waals surface area contributed by atoms with E-state index >= 15 is 0 Å². The molecule has 0 bridgehead atoms. The van der Waals surface area contributed by atoms with Crippen LogP contribution in [0.3, 0.4) is 0 Å². The molecule has 0 aliphatic rings. The standard InChI is InChI=1S/C15H13N3O3/c16-12-5-3-4-11(15(19)20)14(12)21-9-10-8-18-7-2-1-6-13(18)17-10/h1-8H,9,16H2,(H,19,20). The molecule has 0 atom stereocenters. The highest BCUT2D eigenvalue weighted by Crippen LogP contribution is 2.27. The molecule has 21 heavy (non-hydrogen) atoms. The average molecular weight is 283 g/mol. The van der Waals surface area contributed by atoms with Crippen LogP contribution in [0.25, 0.3) is 5.65 Å². The smallest absolute Gasteiger partial charge is 0.339 e. The number of rotatable bonds is 4. The number of carbonyl (C=O) groups is 1. The van der Waals surface area contributed by atoms with Gasteiger partial charge < -0.3 is 20.0 Å². The van der Waals surface area contributed by atoms with Gasteiger partial charge in [-0.3, -0.25) is 0 Å². The Kier molecular flexibility index (Phi) is 3.19. The zero-order chi connectivity index (χ0) is 14.8. The van der Waals surface area contributed by atoms with E-state index in [2.05, 4.69) is 4.98 Å². The van der Waals surface area contributed by atoms with Crippen LogP contribution in [-0.2, 0) is 6.61 Å². The van der Waals surface area contributed by atoms with Crippen molar-refractivity contribution in [3.63, 3.8) is 0 Å². The number of pyridine rings is 1. The second-order valence-electron chi connectivity index (χ2n) is 4.52. The molecule has 3 N–H and O–H groups in total. The highest BCUT2D eigenvalue weighted by atomic mass is 16.5. The minimum Gasteiger partial charge on any atom is -0.484 e. The molecule has 1 aromatic carbocycles. The molecule has 0 saturated heterocycles. The zero-order valence-corrected chi connectivity index (χ0v) is 11.1. The first-order valence-electron chi connectivity index (χ1n) is 6.32. The van der Waals surface area contributed by atoms with Crippen molar-refractivity contribution in [1.82, 2.24) is 9.38 Å². The van der Waals surface area contributed by atoms with Crippen molar-refractivity contribution in [2.24, 2.45) is 0 Å².